The van der Waals surface area contributed by atoms with Gasteiger partial charge in [-0.15, -0.1) is 0 Å². The first-order valence-electron chi connectivity index (χ1n) is 9.55. The summed E-state index contributed by atoms with van der Waals surface area (Å²) in [5.74, 6) is -0.766. The highest BCUT2D eigenvalue weighted by molar-refractivity contribution is 6.07. The Hall–Kier alpha value is -5.20. The number of nitrogens with one attached hydrogen (secondary N) is 1. The molecule has 1 heterocycles. The van der Waals surface area contributed by atoms with E-state index in [1.807, 2.05) is 0 Å². The number of nitrogens with zero attached hydrogens (tertiary/aromatic N) is 4. The third kappa shape index (κ3) is 4.00. The van der Waals surface area contributed by atoms with Gasteiger partial charge in [-0.25, -0.2) is 4.98 Å². The summed E-state index contributed by atoms with van der Waals surface area (Å²) in [7, 11) is 0. The van der Waals surface area contributed by atoms with Crippen LogP contribution in [-0.2, 0) is 0 Å². The van der Waals surface area contributed by atoms with Crippen LogP contribution in [0.2, 0.25) is 0 Å². The highest BCUT2D eigenvalue weighted by Gasteiger charge is 2.26. The molecule has 0 aliphatic heterocycles. The zero-order chi connectivity index (χ0) is 24.6. The number of carbonyl (C=O) groups is 1. The van der Waals surface area contributed by atoms with E-state index in [-0.39, 0.29) is 34.0 Å². The van der Waals surface area contributed by atoms with Gasteiger partial charge in [0.05, 0.1) is 37.7 Å². The van der Waals surface area contributed by atoms with Gasteiger partial charge in [0.2, 0.25) is 5.89 Å². The van der Waals surface area contributed by atoms with E-state index in [2.05, 4.69) is 10.3 Å². The van der Waals surface area contributed by atoms with Gasteiger partial charge in [-0.1, -0.05) is 12.1 Å². The van der Waals surface area contributed by atoms with Gasteiger partial charge in [0.15, 0.2) is 5.58 Å². The molecule has 0 spiro atoms. The number of fused-ring (bicyclic) bond motifs is 1. The van der Waals surface area contributed by atoms with Gasteiger partial charge >= 0.3 is 0 Å². The molecule has 0 saturated carbocycles. The summed E-state index contributed by atoms with van der Waals surface area (Å²) >= 11 is 0. The lowest BCUT2D eigenvalue weighted by Crippen LogP contribution is -2.14. The van der Waals surface area contributed by atoms with Crippen molar-refractivity contribution < 1.29 is 24.0 Å². The van der Waals surface area contributed by atoms with Gasteiger partial charge in [-0.2, -0.15) is 0 Å². The van der Waals surface area contributed by atoms with E-state index in [1.54, 1.807) is 18.2 Å². The Balaban J connectivity index is 1.73. The molecular formula is C21H13N5O8. The highest BCUT2D eigenvalue weighted by atomic mass is 16.6. The fourth-order valence-corrected chi connectivity index (χ4v) is 3.31. The fourth-order valence-electron chi connectivity index (χ4n) is 3.31. The third-order valence-electron chi connectivity index (χ3n) is 5.00. The summed E-state index contributed by atoms with van der Waals surface area (Å²) in [5.41, 5.74) is -0.716. The Morgan fingerprint density at radius 2 is 1.56 bits per heavy atom. The Kier molecular flexibility index (Phi) is 5.43. The smallest absolute Gasteiger partial charge is 0.279 e. The second-order valence-electron chi connectivity index (χ2n) is 7.08. The lowest BCUT2D eigenvalue weighted by molar-refractivity contribution is -0.395. The number of hydrogen-bond donors (Lipinski definition) is 1. The Labute approximate surface area is 189 Å². The molecule has 1 N–H and O–H groups in total. The molecular weight excluding hydrogens is 450 g/mol. The van der Waals surface area contributed by atoms with Crippen LogP contribution in [0.15, 0.2) is 59.0 Å². The van der Waals surface area contributed by atoms with E-state index in [1.165, 1.54) is 31.2 Å². The van der Waals surface area contributed by atoms with Gasteiger partial charge in [0, 0.05) is 18.2 Å². The van der Waals surface area contributed by atoms with E-state index in [4.69, 9.17) is 4.42 Å². The van der Waals surface area contributed by atoms with Crippen molar-refractivity contribution >= 4 is 39.8 Å². The standard InChI is InChI=1S/C21H13N5O8/c1-11-17(25(30)31)8-12(9-18(11)26(32)33)20(27)22-15-5-3-2-4-14(15)21-23-16-7-6-13(24(28)29)10-19(16)34-21/h2-10H,1H3,(H,22,27). The van der Waals surface area contributed by atoms with Crippen LogP contribution in [0.25, 0.3) is 22.6 Å². The number of para-hydroxylation sites is 1. The number of aromatic nitrogens is 1. The maximum absolute atomic E-state index is 12.9. The van der Waals surface area contributed by atoms with Gasteiger partial charge in [0.25, 0.3) is 23.0 Å². The first-order chi connectivity index (χ1) is 16.2. The predicted octanol–water partition coefficient (Wildman–Crippen LogP) is 4.78. The summed E-state index contributed by atoms with van der Waals surface area (Å²) < 4.78 is 5.64. The van der Waals surface area contributed by atoms with Crippen molar-refractivity contribution in [3.8, 4) is 11.5 Å². The lowest BCUT2D eigenvalue weighted by atomic mass is 10.1. The monoisotopic (exact) mass is 463 g/mol. The Morgan fingerprint density at radius 3 is 2.18 bits per heavy atom. The van der Waals surface area contributed by atoms with Gasteiger partial charge < -0.3 is 9.73 Å². The predicted molar refractivity (Wildman–Crippen MR) is 119 cm³/mol. The molecule has 0 aliphatic carbocycles. The van der Waals surface area contributed by atoms with Crippen LogP contribution in [0, 0.1) is 37.3 Å². The molecule has 0 bridgehead atoms. The van der Waals surface area contributed by atoms with E-state index >= 15 is 0 Å². The van der Waals surface area contributed by atoms with Crippen LogP contribution in [0.1, 0.15) is 15.9 Å². The van der Waals surface area contributed by atoms with E-state index < -0.39 is 32.1 Å². The zero-order valence-corrected chi connectivity index (χ0v) is 17.3. The molecule has 1 amide bonds. The maximum atomic E-state index is 12.9. The third-order valence-corrected chi connectivity index (χ3v) is 5.00. The van der Waals surface area contributed by atoms with Crippen molar-refractivity contribution in [3.05, 3.63) is 96.1 Å². The first-order valence-corrected chi connectivity index (χ1v) is 9.55. The zero-order valence-electron chi connectivity index (χ0n) is 17.3. The Bertz CT molecular complexity index is 1480. The topological polar surface area (TPSA) is 185 Å². The van der Waals surface area contributed by atoms with Crippen LogP contribution in [0.5, 0.6) is 0 Å². The van der Waals surface area contributed by atoms with Crippen molar-refractivity contribution in [2.45, 2.75) is 6.92 Å². The van der Waals surface area contributed by atoms with Crippen molar-refractivity contribution in [2.24, 2.45) is 0 Å². The summed E-state index contributed by atoms with van der Waals surface area (Å²) in [6.45, 7) is 1.23. The molecule has 13 nitrogen and oxygen atoms in total. The largest absolute Gasteiger partial charge is 0.436 e. The molecule has 34 heavy (non-hydrogen) atoms. The quantitative estimate of drug-likeness (QED) is 0.310. The first kappa shape index (κ1) is 22.0. The minimum atomic E-state index is -0.828. The van der Waals surface area contributed by atoms with E-state index in [0.717, 1.165) is 12.1 Å². The lowest BCUT2D eigenvalue weighted by Gasteiger charge is -2.09. The molecule has 4 rings (SSSR count). The minimum Gasteiger partial charge on any atom is -0.436 e. The molecule has 13 heteroatoms. The average Bonchev–Trinajstić information content (AvgIpc) is 3.22. The molecule has 4 aromatic rings. The summed E-state index contributed by atoms with van der Waals surface area (Å²) in [5, 5.41) is 36.2. The highest BCUT2D eigenvalue weighted by Crippen LogP contribution is 2.33. The van der Waals surface area contributed by atoms with Crippen LogP contribution in [-0.4, -0.2) is 25.7 Å². The maximum Gasteiger partial charge on any atom is 0.279 e. The van der Waals surface area contributed by atoms with Crippen molar-refractivity contribution in [1.29, 1.82) is 0 Å². The molecule has 0 atom stereocenters. The number of carbonyl (C=O) groups excluding carboxylic acids is 1. The molecule has 0 saturated heterocycles. The molecule has 170 valence electrons. The van der Waals surface area contributed by atoms with Crippen molar-refractivity contribution in [2.75, 3.05) is 5.32 Å². The molecule has 0 radical (unpaired) electrons. The van der Waals surface area contributed by atoms with E-state index in [0.29, 0.717) is 11.1 Å². The Morgan fingerprint density at radius 1 is 0.912 bits per heavy atom. The molecule has 3 aromatic carbocycles. The minimum absolute atomic E-state index is 0.0623. The van der Waals surface area contributed by atoms with Gasteiger partial charge in [-0.05, 0) is 25.1 Å². The van der Waals surface area contributed by atoms with Crippen LogP contribution in [0.4, 0.5) is 22.7 Å². The van der Waals surface area contributed by atoms with Crippen LogP contribution < -0.4 is 5.32 Å². The number of nitro benzene ring substituents is 3. The van der Waals surface area contributed by atoms with E-state index in [9.17, 15) is 35.1 Å². The number of hydrogen-bond acceptors (Lipinski definition) is 9. The number of non-ortho nitro benzene ring substituents is 1. The molecule has 0 unspecified atom stereocenters. The normalized spacial score (nSPS) is 10.7. The van der Waals surface area contributed by atoms with Gasteiger partial charge in [0.1, 0.15) is 11.1 Å². The SMILES string of the molecule is Cc1c([N+](=O)[O-])cc(C(=O)Nc2ccccc2-c2nc3ccc([N+](=O)[O-])cc3o2)cc1[N+](=O)[O-]. The number of nitro groups is 3. The number of anilines is 1. The average molecular weight is 463 g/mol. The van der Waals surface area contributed by atoms with Crippen LogP contribution >= 0.6 is 0 Å². The van der Waals surface area contributed by atoms with Crippen molar-refractivity contribution in [1.82, 2.24) is 4.98 Å². The summed E-state index contributed by atoms with van der Waals surface area (Å²) in [6.07, 6.45) is 0. The number of benzene rings is 3. The number of rotatable bonds is 6. The van der Waals surface area contributed by atoms with Crippen molar-refractivity contribution in [3.63, 3.8) is 0 Å². The number of oxazole rings is 1. The number of amides is 1. The summed E-state index contributed by atoms with van der Waals surface area (Å²) in [4.78, 5) is 48.6. The summed E-state index contributed by atoms with van der Waals surface area (Å²) in [6, 6.07) is 12.2. The molecule has 0 aliphatic rings. The second-order valence-corrected chi connectivity index (χ2v) is 7.08. The second kappa shape index (κ2) is 8.38. The fraction of sp³-hybridized carbons (Fsp3) is 0.0476. The van der Waals surface area contributed by atoms with Gasteiger partial charge in [-0.3, -0.25) is 35.1 Å². The molecule has 1 aromatic heterocycles. The molecule has 0 fully saturated rings. The van der Waals surface area contributed by atoms with Crippen LogP contribution in [0.3, 0.4) is 0 Å².